The Morgan fingerprint density at radius 3 is 2.33 bits per heavy atom. The Labute approximate surface area is 138 Å². The fourth-order valence-corrected chi connectivity index (χ4v) is 2.01. The molecule has 1 rings (SSSR count). The van der Waals surface area contributed by atoms with E-state index in [1.165, 1.54) is 6.42 Å². The quantitative estimate of drug-likeness (QED) is 0.203. The maximum Gasteiger partial charge on any atom is 0.514 e. The minimum Gasteiger partial charge on any atom is -0.434 e. The van der Waals surface area contributed by atoms with Gasteiger partial charge in [0.2, 0.25) is 5.75 Å². The third-order valence-electron chi connectivity index (χ3n) is 3.26. The first-order valence-corrected chi connectivity index (χ1v) is 7.73. The molecule has 0 aromatic heterocycles. The van der Waals surface area contributed by atoms with E-state index < -0.39 is 33.1 Å². The van der Waals surface area contributed by atoms with Crippen LogP contribution in [0.5, 0.6) is 5.75 Å². The Balaban J connectivity index is 2.49. The molecule has 0 aliphatic rings. The van der Waals surface area contributed by atoms with Crippen molar-refractivity contribution in [2.45, 2.75) is 45.4 Å². The van der Waals surface area contributed by atoms with E-state index in [-0.39, 0.29) is 6.61 Å². The largest absolute Gasteiger partial charge is 0.514 e. The first-order chi connectivity index (χ1) is 11.5. The topological polar surface area (TPSA) is 122 Å². The number of carbonyl (C=O) groups is 1. The third-order valence-corrected chi connectivity index (χ3v) is 3.26. The Morgan fingerprint density at radius 1 is 1.04 bits per heavy atom. The summed E-state index contributed by atoms with van der Waals surface area (Å²) in [7, 11) is 0. The number of nitrogens with zero attached hydrogens (tertiary/aromatic N) is 2. The molecule has 0 aliphatic carbocycles. The Morgan fingerprint density at radius 2 is 1.71 bits per heavy atom. The maximum atomic E-state index is 11.5. The molecule has 1 aromatic carbocycles. The minimum atomic E-state index is -1.07. The van der Waals surface area contributed by atoms with Crippen molar-refractivity contribution in [1.29, 1.82) is 0 Å². The number of carbonyl (C=O) groups excluding carboxylic acids is 1. The molecule has 1 aromatic rings. The number of hydrogen-bond donors (Lipinski definition) is 0. The number of rotatable bonds is 10. The van der Waals surface area contributed by atoms with E-state index in [1.807, 2.05) is 0 Å². The summed E-state index contributed by atoms with van der Waals surface area (Å²) < 4.78 is 9.61. The Hall–Kier alpha value is -2.71. The molecule has 0 heterocycles. The summed E-state index contributed by atoms with van der Waals surface area (Å²) in [5, 5.41) is 21.5. The van der Waals surface area contributed by atoms with Crippen LogP contribution in [0, 0.1) is 20.2 Å². The molecule has 9 nitrogen and oxygen atoms in total. The Kier molecular flexibility index (Phi) is 8.17. The van der Waals surface area contributed by atoms with Gasteiger partial charge >= 0.3 is 11.8 Å². The van der Waals surface area contributed by atoms with Gasteiger partial charge in [0, 0.05) is 6.07 Å². The van der Waals surface area contributed by atoms with Gasteiger partial charge in [-0.15, -0.1) is 0 Å². The van der Waals surface area contributed by atoms with Crippen LogP contribution in [-0.4, -0.2) is 22.6 Å². The molecule has 24 heavy (non-hydrogen) atoms. The van der Waals surface area contributed by atoms with Crippen LogP contribution in [0.3, 0.4) is 0 Å². The zero-order valence-electron chi connectivity index (χ0n) is 13.4. The fraction of sp³-hybridized carbons (Fsp3) is 0.533. The van der Waals surface area contributed by atoms with E-state index in [2.05, 4.69) is 6.92 Å². The summed E-state index contributed by atoms with van der Waals surface area (Å²) in [5.41, 5.74) is -1.13. The van der Waals surface area contributed by atoms with Gasteiger partial charge in [0.15, 0.2) is 0 Å². The number of ether oxygens (including phenoxy) is 2. The van der Waals surface area contributed by atoms with Crippen LogP contribution >= 0.6 is 0 Å². The van der Waals surface area contributed by atoms with Gasteiger partial charge in [-0.25, -0.2) is 4.79 Å². The van der Waals surface area contributed by atoms with E-state index in [0.717, 1.165) is 43.9 Å². The van der Waals surface area contributed by atoms with Crippen LogP contribution < -0.4 is 4.74 Å². The first-order valence-electron chi connectivity index (χ1n) is 7.73. The van der Waals surface area contributed by atoms with Gasteiger partial charge in [-0.2, -0.15) is 0 Å². The normalized spacial score (nSPS) is 10.2. The zero-order valence-corrected chi connectivity index (χ0v) is 13.4. The molecule has 0 aliphatic heterocycles. The molecule has 0 fully saturated rings. The monoisotopic (exact) mass is 340 g/mol. The van der Waals surface area contributed by atoms with Crippen molar-refractivity contribution in [3.63, 3.8) is 0 Å². The van der Waals surface area contributed by atoms with Crippen molar-refractivity contribution in [1.82, 2.24) is 0 Å². The zero-order chi connectivity index (χ0) is 17.9. The molecule has 0 saturated heterocycles. The molecule has 0 atom stereocenters. The lowest BCUT2D eigenvalue weighted by molar-refractivity contribution is -0.394. The van der Waals surface area contributed by atoms with Crippen molar-refractivity contribution >= 4 is 17.5 Å². The highest BCUT2D eigenvalue weighted by Gasteiger charge is 2.23. The van der Waals surface area contributed by atoms with Gasteiger partial charge in [0.1, 0.15) is 0 Å². The lowest BCUT2D eigenvalue weighted by Crippen LogP contribution is -2.12. The Bertz CT molecular complexity index is 589. The molecule has 0 spiro atoms. The van der Waals surface area contributed by atoms with Gasteiger partial charge < -0.3 is 9.47 Å². The third kappa shape index (κ3) is 6.59. The van der Waals surface area contributed by atoms with Gasteiger partial charge in [-0.05, 0) is 12.5 Å². The van der Waals surface area contributed by atoms with Crippen LogP contribution in [0.1, 0.15) is 45.4 Å². The van der Waals surface area contributed by atoms with Gasteiger partial charge in [0.05, 0.1) is 22.5 Å². The smallest absolute Gasteiger partial charge is 0.434 e. The van der Waals surface area contributed by atoms with Gasteiger partial charge in [-0.3, -0.25) is 20.2 Å². The average Bonchev–Trinajstić information content (AvgIpc) is 2.54. The van der Waals surface area contributed by atoms with Crippen LogP contribution in [0.4, 0.5) is 16.2 Å². The van der Waals surface area contributed by atoms with Crippen molar-refractivity contribution < 1.29 is 24.1 Å². The molecule has 0 saturated carbocycles. The van der Waals surface area contributed by atoms with E-state index in [0.29, 0.717) is 6.42 Å². The highest BCUT2D eigenvalue weighted by molar-refractivity contribution is 5.67. The van der Waals surface area contributed by atoms with Gasteiger partial charge in [0.25, 0.3) is 5.69 Å². The SMILES string of the molecule is CCCCCCCCOC(=O)Oc1ccc([N+](=O)[O-])cc1[N+](=O)[O-]. The van der Waals surface area contributed by atoms with Crippen molar-refractivity contribution in [3.8, 4) is 5.75 Å². The highest BCUT2D eigenvalue weighted by Crippen LogP contribution is 2.31. The number of non-ortho nitro benzene ring substituents is 1. The van der Waals surface area contributed by atoms with Crippen LogP contribution in [0.25, 0.3) is 0 Å². The lowest BCUT2D eigenvalue weighted by Gasteiger charge is -2.06. The van der Waals surface area contributed by atoms with Crippen LogP contribution in [0.15, 0.2) is 18.2 Å². The van der Waals surface area contributed by atoms with E-state index in [4.69, 9.17) is 9.47 Å². The summed E-state index contributed by atoms with van der Waals surface area (Å²) in [6.45, 7) is 2.28. The fourth-order valence-electron chi connectivity index (χ4n) is 2.01. The number of nitro benzene ring substituents is 2. The molecule has 9 heteroatoms. The summed E-state index contributed by atoms with van der Waals surface area (Å²) in [4.78, 5) is 31.5. The second-order valence-electron chi connectivity index (χ2n) is 5.13. The molecule has 0 unspecified atom stereocenters. The van der Waals surface area contributed by atoms with Crippen LogP contribution in [-0.2, 0) is 4.74 Å². The molecule has 132 valence electrons. The summed E-state index contributed by atoms with van der Waals surface area (Å²) >= 11 is 0. The number of unbranched alkanes of at least 4 members (excludes halogenated alkanes) is 5. The minimum absolute atomic E-state index is 0.158. The average molecular weight is 340 g/mol. The molecule has 0 radical (unpaired) electrons. The van der Waals surface area contributed by atoms with Gasteiger partial charge in [-0.1, -0.05) is 39.0 Å². The second kappa shape index (κ2) is 10.1. The summed E-state index contributed by atoms with van der Waals surface area (Å²) in [5.74, 6) is -0.390. The lowest BCUT2D eigenvalue weighted by atomic mass is 10.1. The predicted octanol–water partition coefficient (Wildman–Crippen LogP) is 4.38. The maximum absolute atomic E-state index is 11.5. The molecular weight excluding hydrogens is 320 g/mol. The number of hydrogen-bond acceptors (Lipinski definition) is 7. The van der Waals surface area contributed by atoms with Crippen molar-refractivity contribution in [3.05, 3.63) is 38.4 Å². The van der Waals surface area contributed by atoms with Crippen LogP contribution in [0.2, 0.25) is 0 Å². The predicted molar refractivity (Wildman–Crippen MR) is 85.1 cm³/mol. The standard InChI is InChI=1S/C15H20N2O7/c1-2-3-4-5-6-7-10-23-15(18)24-14-9-8-12(16(19)20)11-13(14)17(21)22/h8-9,11H,2-7,10H2,1H3. The first kappa shape index (κ1) is 19.3. The number of nitro groups is 2. The summed E-state index contributed by atoms with van der Waals surface area (Å²) in [6.07, 6.45) is 5.05. The number of benzene rings is 1. The highest BCUT2D eigenvalue weighted by atomic mass is 16.7. The molecule has 0 bridgehead atoms. The van der Waals surface area contributed by atoms with Crippen molar-refractivity contribution in [2.75, 3.05) is 6.61 Å². The van der Waals surface area contributed by atoms with Crippen molar-refractivity contribution in [2.24, 2.45) is 0 Å². The second-order valence-corrected chi connectivity index (χ2v) is 5.13. The van der Waals surface area contributed by atoms with E-state index in [9.17, 15) is 25.0 Å². The molecule has 0 N–H and O–H groups in total. The molecular formula is C15H20N2O7. The molecule has 0 amide bonds. The van der Waals surface area contributed by atoms with E-state index >= 15 is 0 Å². The summed E-state index contributed by atoms with van der Waals surface area (Å²) in [6, 6.07) is 2.75. The van der Waals surface area contributed by atoms with E-state index in [1.54, 1.807) is 0 Å².